The second-order valence-corrected chi connectivity index (χ2v) is 8.17. The third kappa shape index (κ3) is 9.88. The molecule has 2 aromatic rings. The Kier molecular flexibility index (Phi) is 10.9. The van der Waals surface area contributed by atoms with Crippen LogP contribution in [0.4, 0.5) is 0 Å². The van der Waals surface area contributed by atoms with Gasteiger partial charge in [0.05, 0.1) is 12.2 Å². The normalized spacial score (nSPS) is 10.1. The van der Waals surface area contributed by atoms with Gasteiger partial charge >= 0.3 is 5.97 Å². The molecule has 0 spiro atoms. The first-order valence-electron chi connectivity index (χ1n) is 9.80. The van der Waals surface area contributed by atoms with Crippen LogP contribution >= 0.6 is 34.8 Å². The number of aryl methyl sites for hydroxylation is 1. The van der Waals surface area contributed by atoms with Crippen LogP contribution in [0, 0.1) is 3.57 Å². The quantitative estimate of drug-likeness (QED) is 0.145. The largest absolute Gasteiger partial charge is 0.466 e. The monoisotopic (exact) mass is 553 g/mol. The zero-order valence-electron chi connectivity index (χ0n) is 16.9. The molecule has 0 bridgehead atoms. The van der Waals surface area contributed by atoms with Crippen molar-refractivity contribution in [2.24, 2.45) is 0 Å². The number of carbonyl (C=O) groups is 3. The van der Waals surface area contributed by atoms with Crippen LogP contribution in [0.2, 0.25) is 0 Å². The molecular weight excluding hydrogens is 529 g/mol. The molecule has 0 aliphatic rings. The number of halogens is 1. The van der Waals surface area contributed by atoms with Gasteiger partial charge in [-0.25, -0.2) is 0 Å². The van der Waals surface area contributed by atoms with Gasteiger partial charge < -0.3 is 10.1 Å². The summed E-state index contributed by atoms with van der Waals surface area (Å²) in [6.45, 7) is 0.355. The van der Waals surface area contributed by atoms with E-state index in [1.165, 1.54) is 5.56 Å². The number of hydrazine groups is 1. The van der Waals surface area contributed by atoms with E-state index in [2.05, 4.69) is 38.8 Å². The molecule has 2 rings (SSSR count). The summed E-state index contributed by atoms with van der Waals surface area (Å²) in [5.74, 6) is -1.04. The fourth-order valence-electron chi connectivity index (χ4n) is 2.62. The molecule has 9 heteroatoms. The van der Waals surface area contributed by atoms with Crippen LogP contribution in [0.25, 0.3) is 0 Å². The third-order valence-electron chi connectivity index (χ3n) is 4.16. The van der Waals surface area contributed by atoms with Gasteiger partial charge in [0, 0.05) is 16.4 Å². The number of ether oxygens (including phenoxy) is 1. The van der Waals surface area contributed by atoms with E-state index in [-0.39, 0.29) is 35.7 Å². The Morgan fingerprint density at radius 3 is 2.35 bits per heavy atom. The molecular formula is C22H24IN3O4S. The smallest absolute Gasteiger partial charge is 0.305 e. The number of hydrogen-bond donors (Lipinski definition) is 3. The van der Waals surface area contributed by atoms with Crippen molar-refractivity contribution in [2.45, 2.75) is 32.1 Å². The molecule has 0 heterocycles. The van der Waals surface area contributed by atoms with Crippen molar-refractivity contribution in [3.8, 4) is 0 Å². The van der Waals surface area contributed by atoms with Crippen molar-refractivity contribution in [1.82, 2.24) is 16.2 Å². The van der Waals surface area contributed by atoms with Crippen molar-refractivity contribution in [1.29, 1.82) is 0 Å². The van der Waals surface area contributed by atoms with Crippen molar-refractivity contribution in [2.75, 3.05) is 6.61 Å². The molecule has 31 heavy (non-hydrogen) atoms. The van der Waals surface area contributed by atoms with Gasteiger partial charge in [0.2, 0.25) is 5.91 Å². The van der Waals surface area contributed by atoms with E-state index < -0.39 is 0 Å². The average molecular weight is 553 g/mol. The molecule has 2 amide bonds. The summed E-state index contributed by atoms with van der Waals surface area (Å²) in [5, 5.41) is 2.44. The summed E-state index contributed by atoms with van der Waals surface area (Å²) in [4.78, 5) is 35.8. The van der Waals surface area contributed by atoms with Gasteiger partial charge in [-0.3, -0.25) is 25.2 Å². The first-order valence-corrected chi connectivity index (χ1v) is 11.3. The second kappa shape index (κ2) is 13.7. The Labute approximate surface area is 200 Å². The Balaban J connectivity index is 1.54. The maximum absolute atomic E-state index is 12.1. The number of rotatable bonds is 9. The van der Waals surface area contributed by atoms with E-state index >= 15 is 0 Å². The lowest BCUT2D eigenvalue weighted by molar-refractivity contribution is -0.143. The molecule has 0 radical (unpaired) electrons. The fourth-order valence-corrected chi connectivity index (χ4v) is 3.42. The first-order chi connectivity index (χ1) is 15.0. The van der Waals surface area contributed by atoms with Gasteiger partial charge in [-0.05, 0) is 71.8 Å². The Bertz CT molecular complexity index is 909. The van der Waals surface area contributed by atoms with Crippen LogP contribution in [0.3, 0.4) is 0 Å². The van der Waals surface area contributed by atoms with Crippen molar-refractivity contribution >= 4 is 57.7 Å². The zero-order valence-corrected chi connectivity index (χ0v) is 19.8. The number of amides is 2. The SMILES string of the molecule is O=C(CCCC(=O)OCCCc1ccccc1)NC(=S)NNC(=O)c1ccccc1I. The van der Waals surface area contributed by atoms with Gasteiger partial charge in [-0.15, -0.1) is 0 Å². The molecule has 0 aliphatic heterocycles. The van der Waals surface area contributed by atoms with Crippen LogP contribution in [0.5, 0.6) is 0 Å². The molecule has 0 saturated heterocycles. The van der Waals surface area contributed by atoms with Gasteiger partial charge in [-0.1, -0.05) is 42.5 Å². The fraction of sp³-hybridized carbons (Fsp3) is 0.273. The van der Waals surface area contributed by atoms with E-state index in [1.54, 1.807) is 12.1 Å². The number of hydrogen-bond acceptors (Lipinski definition) is 5. The molecule has 2 aromatic carbocycles. The highest BCUT2D eigenvalue weighted by atomic mass is 127. The number of nitrogens with one attached hydrogen (secondary N) is 3. The number of benzene rings is 2. The molecule has 3 N–H and O–H groups in total. The lowest BCUT2D eigenvalue weighted by Crippen LogP contribution is -2.48. The summed E-state index contributed by atoms with van der Waals surface area (Å²) in [5.41, 5.74) is 6.62. The topological polar surface area (TPSA) is 96.5 Å². The molecule has 0 unspecified atom stereocenters. The molecule has 7 nitrogen and oxygen atoms in total. The Hall–Kier alpha value is -2.53. The maximum atomic E-state index is 12.1. The van der Waals surface area contributed by atoms with Crippen molar-refractivity contribution in [3.05, 3.63) is 69.3 Å². The molecule has 0 aromatic heterocycles. The van der Waals surface area contributed by atoms with Crippen molar-refractivity contribution in [3.63, 3.8) is 0 Å². The lowest BCUT2D eigenvalue weighted by atomic mass is 10.1. The average Bonchev–Trinajstić information content (AvgIpc) is 2.76. The molecule has 0 aliphatic carbocycles. The summed E-state index contributed by atoms with van der Waals surface area (Å²) in [6, 6.07) is 17.1. The standard InChI is InChI=1S/C22H24IN3O4S/c23-18-12-5-4-11-17(18)21(29)25-26-22(31)24-19(27)13-6-14-20(28)30-15-7-10-16-8-2-1-3-9-16/h1-5,8-9,11-12H,6-7,10,13-15H2,(H,25,29)(H2,24,26,27,31). The second-order valence-electron chi connectivity index (χ2n) is 6.60. The highest BCUT2D eigenvalue weighted by Gasteiger charge is 2.11. The van der Waals surface area contributed by atoms with Gasteiger partial charge in [0.15, 0.2) is 5.11 Å². The summed E-state index contributed by atoms with van der Waals surface area (Å²) in [6.07, 6.45) is 2.22. The molecule has 0 atom stereocenters. The van der Waals surface area contributed by atoms with Crippen LogP contribution < -0.4 is 16.2 Å². The summed E-state index contributed by atoms with van der Waals surface area (Å²) in [7, 11) is 0. The number of thiocarbonyl (C=S) groups is 1. The van der Waals surface area contributed by atoms with Crippen LogP contribution in [0.1, 0.15) is 41.6 Å². The Morgan fingerprint density at radius 2 is 1.61 bits per heavy atom. The van der Waals surface area contributed by atoms with Crippen LogP contribution in [-0.2, 0) is 20.7 Å². The first kappa shape index (κ1) is 24.7. The molecule has 164 valence electrons. The van der Waals surface area contributed by atoms with Gasteiger partial charge in [-0.2, -0.15) is 0 Å². The number of carbonyl (C=O) groups excluding carboxylic acids is 3. The zero-order chi connectivity index (χ0) is 22.5. The minimum Gasteiger partial charge on any atom is -0.466 e. The van der Waals surface area contributed by atoms with Gasteiger partial charge in [0.1, 0.15) is 0 Å². The van der Waals surface area contributed by atoms with Crippen molar-refractivity contribution < 1.29 is 19.1 Å². The van der Waals surface area contributed by atoms with E-state index in [1.807, 2.05) is 42.5 Å². The van der Waals surface area contributed by atoms with Crippen LogP contribution in [0.15, 0.2) is 54.6 Å². The minimum absolute atomic E-state index is 0.0206. The lowest BCUT2D eigenvalue weighted by Gasteiger charge is -2.11. The highest BCUT2D eigenvalue weighted by molar-refractivity contribution is 14.1. The van der Waals surface area contributed by atoms with E-state index in [0.29, 0.717) is 18.6 Å². The summed E-state index contributed by atoms with van der Waals surface area (Å²) >= 11 is 7.05. The summed E-state index contributed by atoms with van der Waals surface area (Å²) < 4.78 is 5.98. The minimum atomic E-state index is -0.364. The maximum Gasteiger partial charge on any atom is 0.305 e. The predicted molar refractivity (Wildman–Crippen MR) is 130 cm³/mol. The van der Waals surface area contributed by atoms with E-state index in [4.69, 9.17) is 17.0 Å². The van der Waals surface area contributed by atoms with Crippen LogP contribution in [-0.4, -0.2) is 29.5 Å². The molecule has 0 fully saturated rings. The number of esters is 1. The van der Waals surface area contributed by atoms with E-state index in [9.17, 15) is 14.4 Å². The van der Waals surface area contributed by atoms with Gasteiger partial charge in [0.25, 0.3) is 5.91 Å². The highest BCUT2D eigenvalue weighted by Crippen LogP contribution is 2.10. The van der Waals surface area contributed by atoms with E-state index in [0.717, 1.165) is 16.4 Å². The molecule has 0 saturated carbocycles. The Morgan fingerprint density at radius 1 is 0.903 bits per heavy atom. The third-order valence-corrected chi connectivity index (χ3v) is 5.31. The predicted octanol–water partition coefficient (Wildman–Crippen LogP) is 3.27.